The Morgan fingerprint density at radius 1 is 0.972 bits per heavy atom. The highest BCUT2D eigenvalue weighted by Crippen LogP contribution is 2.37. The Labute approximate surface area is 215 Å². The van der Waals surface area contributed by atoms with E-state index >= 15 is 0 Å². The molecule has 1 aromatic heterocycles. The Balaban J connectivity index is 1.37. The second-order valence-electron chi connectivity index (χ2n) is 9.34. The molecule has 0 spiro atoms. The van der Waals surface area contributed by atoms with Crippen LogP contribution in [0.2, 0.25) is 5.02 Å². The summed E-state index contributed by atoms with van der Waals surface area (Å²) in [5, 5.41) is 3.30. The van der Waals surface area contributed by atoms with E-state index in [0.717, 1.165) is 17.7 Å². The van der Waals surface area contributed by atoms with Crippen molar-refractivity contribution in [2.24, 2.45) is 5.92 Å². The molecule has 1 amide bonds. The van der Waals surface area contributed by atoms with Crippen LogP contribution in [-0.4, -0.2) is 36.3 Å². The van der Waals surface area contributed by atoms with Crippen LogP contribution in [0.5, 0.6) is 0 Å². The Morgan fingerprint density at radius 3 is 2.39 bits per heavy atom. The van der Waals surface area contributed by atoms with Crippen LogP contribution < -0.4 is 10.9 Å². The summed E-state index contributed by atoms with van der Waals surface area (Å²) in [4.78, 5) is 24.7. The van der Waals surface area contributed by atoms with Gasteiger partial charge in [0.25, 0.3) is 5.56 Å². The van der Waals surface area contributed by atoms with Gasteiger partial charge < -0.3 is 9.88 Å². The molecule has 2 bridgehead atoms. The maximum atomic E-state index is 13.4. The number of piperidine rings is 1. The molecule has 2 aliphatic rings. The number of amides is 1. The topological polar surface area (TPSA) is 88.5 Å². The van der Waals surface area contributed by atoms with Crippen LogP contribution in [0.25, 0.3) is 12.2 Å². The van der Waals surface area contributed by atoms with Crippen molar-refractivity contribution in [3.05, 3.63) is 92.9 Å². The van der Waals surface area contributed by atoms with Gasteiger partial charge in [0.15, 0.2) is 0 Å². The van der Waals surface area contributed by atoms with Gasteiger partial charge in [-0.2, -0.15) is 4.31 Å². The summed E-state index contributed by atoms with van der Waals surface area (Å²) in [5.41, 5.74) is 2.91. The summed E-state index contributed by atoms with van der Waals surface area (Å²) < 4.78 is 30.1. The fraction of sp³-hybridized carbons (Fsp3) is 0.259. The van der Waals surface area contributed by atoms with E-state index in [-0.39, 0.29) is 28.2 Å². The van der Waals surface area contributed by atoms with Gasteiger partial charge in [0.1, 0.15) is 0 Å². The highest BCUT2D eigenvalue weighted by atomic mass is 35.5. The van der Waals surface area contributed by atoms with Gasteiger partial charge in [0, 0.05) is 54.4 Å². The van der Waals surface area contributed by atoms with E-state index < -0.39 is 10.0 Å². The van der Waals surface area contributed by atoms with Gasteiger partial charge in [-0.25, -0.2) is 8.42 Å². The summed E-state index contributed by atoms with van der Waals surface area (Å²) in [6.07, 6.45) is 4.55. The maximum absolute atomic E-state index is 13.4. The Morgan fingerprint density at radius 2 is 1.69 bits per heavy atom. The molecule has 1 N–H and O–H groups in total. The minimum atomic E-state index is -3.70. The summed E-state index contributed by atoms with van der Waals surface area (Å²) in [7, 11) is -3.70. The Hall–Kier alpha value is -3.20. The zero-order valence-corrected chi connectivity index (χ0v) is 21.3. The van der Waals surface area contributed by atoms with Crippen LogP contribution in [-0.2, 0) is 21.4 Å². The minimum absolute atomic E-state index is 0.0482. The molecule has 2 unspecified atom stereocenters. The molecule has 2 aliphatic heterocycles. The van der Waals surface area contributed by atoms with Crippen LogP contribution in [0.15, 0.2) is 70.4 Å². The highest BCUT2D eigenvalue weighted by Gasteiger charge is 2.39. The number of carbonyl (C=O) groups is 1. The summed E-state index contributed by atoms with van der Waals surface area (Å²) in [5.74, 6) is -0.210. The lowest BCUT2D eigenvalue weighted by atomic mass is 9.84. The van der Waals surface area contributed by atoms with Crippen LogP contribution in [0.4, 0.5) is 5.69 Å². The average molecular weight is 524 g/mol. The van der Waals surface area contributed by atoms with Crippen molar-refractivity contribution in [2.75, 3.05) is 18.4 Å². The minimum Gasteiger partial charge on any atom is -0.326 e. The molecule has 9 heteroatoms. The number of nitrogens with one attached hydrogen (secondary N) is 1. The Bertz CT molecular complexity index is 1500. The second kappa shape index (κ2) is 9.69. The lowest BCUT2D eigenvalue weighted by Crippen LogP contribution is -2.49. The number of anilines is 1. The number of hydrogen-bond acceptors (Lipinski definition) is 4. The molecule has 2 aromatic carbocycles. The number of nitrogens with zero attached hydrogens (tertiary/aromatic N) is 2. The summed E-state index contributed by atoms with van der Waals surface area (Å²) in [6, 6.07) is 17.4. The van der Waals surface area contributed by atoms with Gasteiger partial charge in [-0.05, 0) is 72.5 Å². The van der Waals surface area contributed by atoms with Gasteiger partial charge in [-0.3, -0.25) is 9.59 Å². The van der Waals surface area contributed by atoms with Crippen LogP contribution in [0.1, 0.15) is 36.1 Å². The standard InChI is InChI=1S/C27H26ClN3O4S/c1-18(32)29-24-9-11-25(12-10-24)36(34,35)30-15-20-14-22(17-30)26-13-6-21(27(33)31(26)16-20)5-2-19-3-7-23(28)8-4-19/h2-13,20,22H,14-17H2,1H3,(H,29,32). The van der Waals surface area contributed by atoms with Crippen molar-refractivity contribution in [3.8, 4) is 0 Å². The first-order valence-electron chi connectivity index (χ1n) is 11.8. The zero-order valence-electron chi connectivity index (χ0n) is 19.7. The van der Waals surface area contributed by atoms with Gasteiger partial charge in [0.2, 0.25) is 15.9 Å². The lowest BCUT2D eigenvalue weighted by molar-refractivity contribution is -0.114. The maximum Gasteiger partial charge on any atom is 0.258 e. The normalized spacial score (nSPS) is 19.7. The molecule has 0 saturated carbocycles. The van der Waals surface area contributed by atoms with Crippen molar-refractivity contribution >= 4 is 45.4 Å². The van der Waals surface area contributed by atoms with Gasteiger partial charge in [-0.15, -0.1) is 0 Å². The number of benzene rings is 2. The highest BCUT2D eigenvalue weighted by molar-refractivity contribution is 7.89. The molecule has 2 atom stereocenters. The summed E-state index contributed by atoms with van der Waals surface area (Å²) in [6.45, 7) is 2.58. The number of pyridine rings is 1. The second-order valence-corrected chi connectivity index (χ2v) is 11.7. The fourth-order valence-corrected chi connectivity index (χ4v) is 6.75. The first-order chi connectivity index (χ1) is 17.2. The molecule has 3 aromatic rings. The molecule has 36 heavy (non-hydrogen) atoms. The van der Waals surface area contributed by atoms with Crippen molar-refractivity contribution < 1.29 is 13.2 Å². The Kier molecular flexibility index (Phi) is 6.59. The third-order valence-electron chi connectivity index (χ3n) is 6.74. The van der Waals surface area contributed by atoms with Crippen molar-refractivity contribution in [3.63, 3.8) is 0 Å². The predicted molar refractivity (Wildman–Crippen MR) is 141 cm³/mol. The zero-order chi connectivity index (χ0) is 25.4. The number of halogens is 1. The molecule has 0 radical (unpaired) electrons. The van der Waals surface area contributed by atoms with E-state index in [1.54, 1.807) is 24.3 Å². The molecule has 1 fully saturated rings. The van der Waals surface area contributed by atoms with Crippen LogP contribution >= 0.6 is 11.6 Å². The molecule has 5 rings (SSSR count). The lowest BCUT2D eigenvalue weighted by Gasteiger charge is -2.42. The third-order valence-corrected chi connectivity index (χ3v) is 8.84. The molecule has 0 aliphatic carbocycles. The molecule has 3 heterocycles. The van der Waals surface area contributed by atoms with E-state index in [9.17, 15) is 18.0 Å². The van der Waals surface area contributed by atoms with E-state index in [4.69, 9.17) is 11.6 Å². The smallest absolute Gasteiger partial charge is 0.258 e. The van der Waals surface area contributed by atoms with Gasteiger partial charge in [0.05, 0.1) is 4.90 Å². The van der Waals surface area contributed by atoms with Gasteiger partial charge in [-0.1, -0.05) is 29.8 Å². The molecular weight excluding hydrogens is 498 g/mol. The van der Waals surface area contributed by atoms with Crippen molar-refractivity contribution in [2.45, 2.75) is 30.7 Å². The molecule has 1 saturated heterocycles. The fourth-order valence-electron chi connectivity index (χ4n) is 5.06. The number of rotatable bonds is 5. The number of aromatic nitrogens is 1. The summed E-state index contributed by atoms with van der Waals surface area (Å²) >= 11 is 5.94. The van der Waals surface area contributed by atoms with Crippen molar-refractivity contribution in [1.82, 2.24) is 8.87 Å². The third kappa shape index (κ3) is 4.89. The van der Waals surface area contributed by atoms with Gasteiger partial charge >= 0.3 is 0 Å². The van der Waals surface area contributed by atoms with E-state index in [1.165, 1.54) is 23.4 Å². The first-order valence-corrected chi connectivity index (χ1v) is 13.6. The predicted octanol–water partition coefficient (Wildman–Crippen LogP) is 4.44. The monoisotopic (exact) mass is 523 g/mol. The quantitative estimate of drug-likeness (QED) is 0.535. The van der Waals surface area contributed by atoms with Crippen LogP contribution in [0, 0.1) is 5.92 Å². The number of carbonyl (C=O) groups excluding carboxylic acids is 1. The first kappa shape index (κ1) is 24.5. The number of fused-ring (bicyclic) bond motifs is 4. The number of sulfonamides is 1. The molecular formula is C27H26ClN3O4S. The van der Waals surface area contributed by atoms with Crippen molar-refractivity contribution in [1.29, 1.82) is 0 Å². The number of hydrogen-bond donors (Lipinski definition) is 1. The van der Waals surface area contributed by atoms with E-state index in [0.29, 0.717) is 35.9 Å². The SMILES string of the molecule is CC(=O)Nc1ccc(S(=O)(=O)N2CC3CC(C2)c2ccc(C=Cc4ccc(Cl)cc4)c(=O)n2C3)cc1. The van der Waals surface area contributed by atoms with E-state index in [2.05, 4.69) is 5.32 Å². The van der Waals surface area contributed by atoms with Crippen LogP contribution in [0.3, 0.4) is 0 Å². The molecule has 7 nitrogen and oxygen atoms in total. The average Bonchev–Trinajstić information content (AvgIpc) is 2.85. The molecule has 186 valence electrons. The van der Waals surface area contributed by atoms with E-state index in [1.807, 2.05) is 41.0 Å². The largest absolute Gasteiger partial charge is 0.326 e.